The van der Waals surface area contributed by atoms with Crippen molar-refractivity contribution in [3.8, 4) is 0 Å². The van der Waals surface area contributed by atoms with E-state index in [9.17, 15) is 4.39 Å². The summed E-state index contributed by atoms with van der Waals surface area (Å²) in [5, 5.41) is 0. The molecule has 0 bridgehead atoms. The molecular formula is C9H12FI. The van der Waals surface area contributed by atoms with Crippen molar-refractivity contribution in [2.75, 3.05) is 4.93 Å². The first kappa shape index (κ1) is 10.9. The predicted molar refractivity (Wildman–Crippen MR) is 55.7 cm³/mol. The van der Waals surface area contributed by atoms with Gasteiger partial charge < -0.3 is 0 Å². The van der Waals surface area contributed by atoms with Crippen molar-refractivity contribution >= 4 is 22.6 Å². The molecule has 0 heterocycles. The average molecular weight is 266 g/mol. The Labute approximate surface area is 81.0 Å². The summed E-state index contributed by atoms with van der Waals surface area (Å²) in [4.78, 5) is 1.97. The maximum atomic E-state index is 12.2. The first-order valence-corrected chi connectivity index (χ1v) is 5.61. The summed E-state index contributed by atoms with van der Waals surface area (Å²) >= 11 is 2.15. The Morgan fingerprint density at radius 2 is 1.64 bits per heavy atom. The maximum absolute atomic E-state index is 12.2. The van der Waals surface area contributed by atoms with Crippen molar-refractivity contribution < 1.29 is 4.39 Å². The van der Waals surface area contributed by atoms with Gasteiger partial charge in [0.15, 0.2) is 0 Å². The van der Waals surface area contributed by atoms with Crippen LogP contribution in [0.15, 0.2) is 24.3 Å². The SMILES string of the molecule is CCc1ccc(F)cc1.CI. The Bertz CT molecular complexity index is 181. The fourth-order valence-electron chi connectivity index (χ4n) is 0.720. The highest BCUT2D eigenvalue weighted by atomic mass is 127. The first-order valence-electron chi connectivity index (χ1n) is 3.45. The van der Waals surface area contributed by atoms with Crippen LogP contribution >= 0.6 is 22.6 Å². The van der Waals surface area contributed by atoms with E-state index in [2.05, 4.69) is 22.6 Å². The first-order chi connectivity index (χ1) is 5.33. The lowest BCUT2D eigenvalue weighted by atomic mass is 10.2. The van der Waals surface area contributed by atoms with Gasteiger partial charge >= 0.3 is 0 Å². The van der Waals surface area contributed by atoms with Gasteiger partial charge in [0.05, 0.1) is 0 Å². The molecule has 0 aromatic heterocycles. The summed E-state index contributed by atoms with van der Waals surface area (Å²) in [5.41, 5.74) is 1.18. The molecule has 11 heavy (non-hydrogen) atoms. The summed E-state index contributed by atoms with van der Waals surface area (Å²) in [6.45, 7) is 2.05. The third-order valence-corrected chi connectivity index (χ3v) is 1.32. The second-order valence-corrected chi connectivity index (χ2v) is 1.98. The number of benzene rings is 1. The second-order valence-electron chi connectivity index (χ2n) is 1.98. The Balaban J connectivity index is 0.000000461. The molecule has 0 saturated carbocycles. The molecule has 62 valence electrons. The second kappa shape index (κ2) is 6.58. The molecule has 0 atom stereocenters. The van der Waals surface area contributed by atoms with Crippen LogP contribution in [0.2, 0.25) is 0 Å². The van der Waals surface area contributed by atoms with Crippen LogP contribution in [0.5, 0.6) is 0 Å². The topological polar surface area (TPSA) is 0 Å². The average Bonchev–Trinajstić information content (AvgIpc) is 2.10. The van der Waals surface area contributed by atoms with Crippen LogP contribution in [0.1, 0.15) is 12.5 Å². The van der Waals surface area contributed by atoms with Crippen molar-refractivity contribution in [3.05, 3.63) is 35.6 Å². The molecule has 0 fully saturated rings. The van der Waals surface area contributed by atoms with Crippen LogP contribution in [0.25, 0.3) is 0 Å². The molecule has 0 unspecified atom stereocenters. The molecule has 0 saturated heterocycles. The van der Waals surface area contributed by atoms with Crippen LogP contribution in [-0.4, -0.2) is 4.93 Å². The minimum Gasteiger partial charge on any atom is -0.207 e. The number of hydrogen-bond donors (Lipinski definition) is 0. The molecule has 0 amide bonds. The molecule has 0 aliphatic rings. The number of halogens is 2. The highest BCUT2D eigenvalue weighted by Gasteiger charge is 1.87. The van der Waals surface area contributed by atoms with E-state index >= 15 is 0 Å². The molecule has 0 aliphatic carbocycles. The molecule has 0 radical (unpaired) electrons. The zero-order chi connectivity index (χ0) is 8.69. The van der Waals surface area contributed by atoms with Gasteiger partial charge in [-0.3, -0.25) is 0 Å². The molecule has 2 heteroatoms. The molecule has 0 N–H and O–H groups in total. The van der Waals surface area contributed by atoms with Crippen molar-refractivity contribution in [1.29, 1.82) is 0 Å². The Morgan fingerprint density at radius 3 is 2.00 bits per heavy atom. The monoisotopic (exact) mass is 266 g/mol. The molecule has 0 nitrogen and oxygen atoms in total. The zero-order valence-electron chi connectivity index (χ0n) is 6.77. The number of aryl methyl sites for hydroxylation is 1. The molecule has 0 spiro atoms. The van der Waals surface area contributed by atoms with Crippen molar-refractivity contribution in [1.82, 2.24) is 0 Å². The smallest absolute Gasteiger partial charge is 0.123 e. The highest BCUT2D eigenvalue weighted by Crippen LogP contribution is 2.01. The Hall–Kier alpha value is -0.120. The van der Waals surface area contributed by atoms with Gasteiger partial charge in [-0.15, -0.1) is 0 Å². The van der Waals surface area contributed by atoms with Gasteiger partial charge in [-0.05, 0) is 29.0 Å². The van der Waals surface area contributed by atoms with Crippen molar-refractivity contribution in [3.63, 3.8) is 0 Å². The van der Waals surface area contributed by atoms with E-state index in [1.807, 2.05) is 11.9 Å². The van der Waals surface area contributed by atoms with Gasteiger partial charge in [-0.25, -0.2) is 4.39 Å². The lowest BCUT2D eigenvalue weighted by Crippen LogP contribution is -1.78. The van der Waals surface area contributed by atoms with Gasteiger partial charge in [-0.1, -0.05) is 41.6 Å². The van der Waals surface area contributed by atoms with E-state index in [4.69, 9.17) is 0 Å². The molecule has 0 aliphatic heterocycles. The third kappa shape index (κ3) is 4.35. The summed E-state index contributed by atoms with van der Waals surface area (Å²) < 4.78 is 12.2. The summed E-state index contributed by atoms with van der Waals surface area (Å²) in [7, 11) is 0. The molecule has 1 aromatic carbocycles. The molecular weight excluding hydrogens is 254 g/mol. The highest BCUT2D eigenvalue weighted by molar-refractivity contribution is 14.1. The standard InChI is InChI=1S/C8H9F.CH3I/c1-2-7-3-5-8(9)6-4-7;1-2/h3-6H,2H2,1H3;1H3. The largest absolute Gasteiger partial charge is 0.207 e. The van der Waals surface area contributed by atoms with Crippen molar-refractivity contribution in [2.45, 2.75) is 13.3 Å². The maximum Gasteiger partial charge on any atom is 0.123 e. The number of hydrogen-bond acceptors (Lipinski definition) is 0. The van der Waals surface area contributed by atoms with Crippen LogP contribution in [-0.2, 0) is 6.42 Å². The normalized spacial score (nSPS) is 8.36. The zero-order valence-corrected chi connectivity index (χ0v) is 8.93. The molecule has 1 rings (SSSR count). The molecule has 1 aromatic rings. The van der Waals surface area contributed by atoms with Gasteiger partial charge in [0.2, 0.25) is 0 Å². The Morgan fingerprint density at radius 1 is 1.18 bits per heavy atom. The van der Waals surface area contributed by atoms with E-state index in [1.54, 1.807) is 12.1 Å². The fraction of sp³-hybridized carbons (Fsp3) is 0.333. The quantitative estimate of drug-likeness (QED) is 0.539. The van der Waals surface area contributed by atoms with Crippen LogP contribution in [0, 0.1) is 5.82 Å². The number of alkyl halides is 1. The summed E-state index contributed by atoms with van der Waals surface area (Å²) in [5.74, 6) is -0.160. The lowest BCUT2D eigenvalue weighted by Gasteiger charge is -1.92. The van der Waals surface area contributed by atoms with E-state index in [1.165, 1.54) is 17.7 Å². The van der Waals surface area contributed by atoms with E-state index in [0.717, 1.165) is 6.42 Å². The van der Waals surface area contributed by atoms with Gasteiger partial charge in [0.25, 0.3) is 0 Å². The van der Waals surface area contributed by atoms with Crippen LogP contribution in [0.4, 0.5) is 4.39 Å². The minimum absolute atomic E-state index is 0.160. The summed E-state index contributed by atoms with van der Waals surface area (Å²) in [6.07, 6.45) is 0.972. The van der Waals surface area contributed by atoms with Crippen LogP contribution in [0.3, 0.4) is 0 Å². The van der Waals surface area contributed by atoms with Crippen molar-refractivity contribution in [2.24, 2.45) is 0 Å². The van der Waals surface area contributed by atoms with E-state index in [0.29, 0.717) is 0 Å². The van der Waals surface area contributed by atoms with E-state index in [-0.39, 0.29) is 5.82 Å². The number of rotatable bonds is 1. The van der Waals surface area contributed by atoms with Gasteiger partial charge in [0, 0.05) is 0 Å². The summed E-state index contributed by atoms with van der Waals surface area (Å²) in [6, 6.07) is 6.57. The predicted octanol–water partition coefficient (Wildman–Crippen LogP) is 3.44. The Kier molecular flexibility index (Phi) is 6.51. The van der Waals surface area contributed by atoms with E-state index < -0.39 is 0 Å². The minimum atomic E-state index is -0.160. The third-order valence-electron chi connectivity index (χ3n) is 1.32. The van der Waals surface area contributed by atoms with Gasteiger partial charge in [0.1, 0.15) is 5.82 Å². The van der Waals surface area contributed by atoms with Crippen LogP contribution < -0.4 is 0 Å². The van der Waals surface area contributed by atoms with Gasteiger partial charge in [-0.2, -0.15) is 0 Å². The lowest BCUT2D eigenvalue weighted by molar-refractivity contribution is 0.627. The fourth-order valence-corrected chi connectivity index (χ4v) is 0.720.